The summed E-state index contributed by atoms with van der Waals surface area (Å²) < 4.78 is 5.61. The highest BCUT2D eigenvalue weighted by molar-refractivity contribution is 5.94. The molecule has 0 atom stereocenters. The summed E-state index contributed by atoms with van der Waals surface area (Å²) in [5.41, 5.74) is 3.22. The molecule has 120 valence electrons. The Morgan fingerprint density at radius 2 is 1.52 bits per heavy atom. The van der Waals surface area contributed by atoms with Gasteiger partial charge in [-0.25, -0.2) is 0 Å². The zero-order chi connectivity index (χ0) is 16.8. The molecule has 0 aliphatic carbocycles. The third-order valence-corrected chi connectivity index (χ3v) is 3.22. The molecule has 0 spiro atoms. The molecule has 5 heteroatoms. The van der Waals surface area contributed by atoms with Gasteiger partial charge in [0, 0.05) is 18.3 Å². The van der Waals surface area contributed by atoms with Crippen LogP contribution in [-0.4, -0.2) is 18.4 Å². The van der Waals surface area contributed by atoms with Crippen LogP contribution in [0, 0.1) is 13.8 Å². The first kappa shape index (κ1) is 16.5. The molecule has 0 aliphatic heterocycles. The minimum atomic E-state index is -0.257. The van der Waals surface area contributed by atoms with E-state index in [9.17, 15) is 9.59 Å². The summed E-state index contributed by atoms with van der Waals surface area (Å²) in [6, 6.07) is 12.8. The molecule has 0 radical (unpaired) electrons. The lowest BCUT2D eigenvalue weighted by Crippen LogP contribution is -2.20. The molecule has 0 saturated heterocycles. The second kappa shape index (κ2) is 7.45. The van der Waals surface area contributed by atoms with Gasteiger partial charge >= 0.3 is 0 Å². The fourth-order valence-electron chi connectivity index (χ4n) is 2.24. The average Bonchev–Trinajstić information content (AvgIpc) is 2.46. The van der Waals surface area contributed by atoms with E-state index >= 15 is 0 Å². The van der Waals surface area contributed by atoms with E-state index in [-0.39, 0.29) is 18.4 Å². The van der Waals surface area contributed by atoms with Crippen LogP contribution in [0.25, 0.3) is 0 Å². The molecule has 0 unspecified atom stereocenters. The summed E-state index contributed by atoms with van der Waals surface area (Å²) in [7, 11) is 0. The molecule has 2 amide bonds. The van der Waals surface area contributed by atoms with Gasteiger partial charge in [0.05, 0.1) is 0 Å². The monoisotopic (exact) mass is 312 g/mol. The fraction of sp³-hybridized carbons (Fsp3) is 0.222. The highest BCUT2D eigenvalue weighted by Gasteiger charge is 2.08. The normalized spacial score (nSPS) is 10.0. The van der Waals surface area contributed by atoms with Crippen LogP contribution in [0.5, 0.6) is 5.75 Å². The number of anilines is 2. The van der Waals surface area contributed by atoms with Gasteiger partial charge in [-0.3, -0.25) is 9.59 Å². The van der Waals surface area contributed by atoms with E-state index in [2.05, 4.69) is 10.6 Å². The third-order valence-electron chi connectivity index (χ3n) is 3.22. The molecular formula is C18H20N2O3. The highest BCUT2D eigenvalue weighted by Crippen LogP contribution is 2.22. The van der Waals surface area contributed by atoms with Gasteiger partial charge in [-0.05, 0) is 43.2 Å². The number of ether oxygens (including phenoxy) is 1. The molecule has 0 aromatic heterocycles. The topological polar surface area (TPSA) is 67.4 Å². The number of para-hydroxylation sites is 1. The van der Waals surface area contributed by atoms with Gasteiger partial charge in [-0.15, -0.1) is 0 Å². The van der Waals surface area contributed by atoms with Crippen molar-refractivity contribution < 1.29 is 14.3 Å². The Bertz CT molecular complexity index is 706. The number of carbonyl (C=O) groups excluding carboxylic acids is 2. The largest absolute Gasteiger partial charge is 0.483 e. The Kier molecular flexibility index (Phi) is 5.36. The van der Waals surface area contributed by atoms with Crippen molar-refractivity contribution in [2.45, 2.75) is 20.8 Å². The maximum atomic E-state index is 12.0. The fourth-order valence-corrected chi connectivity index (χ4v) is 2.24. The van der Waals surface area contributed by atoms with Crippen LogP contribution in [0.15, 0.2) is 42.5 Å². The van der Waals surface area contributed by atoms with E-state index < -0.39 is 0 Å². The van der Waals surface area contributed by atoms with Crippen molar-refractivity contribution in [3.05, 3.63) is 53.6 Å². The Morgan fingerprint density at radius 1 is 0.957 bits per heavy atom. The predicted octanol–water partition coefficient (Wildman–Crippen LogP) is 3.28. The molecule has 5 nitrogen and oxygen atoms in total. The molecule has 0 aliphatic rings. The van der Waals surface area contributed by atoms with Crippen LogP contribution in [0.4, 0.5) is 11.4 Å². The van der Waals surface area contributed by atoms with E-state index in [0.29, 0.717) is 11.4 Å². The van der Waals surface area contributed by atoms with E-state index in [1.54, 1.807) is 24.3 Å². The average molecular weight is 312 g/mol. The number of hydrogen-bond acceptors (Lipinski definition) is 3. The van der Waals surface area contributed by atoms with Crippen LogP contribution < -0.4 is 15.4 Å². The first-order chi connectivity index (χ1) is 11.0. The second-order valence-electron chi connectivity index (χ2n) is 5.32. The molecule has 0 heterocycles. The van der Waals surface area contributed by atoms with Crippen molar-refractivity contribution in [1.29, 1.82) is 0 Å². The Balaban J connectivity index is 1.96. The maximum absolute atomic E-state index is 12.0. The minimum Gasteiger partial charge on any atom is -0.483 e. The molecule has 2 N–H and O–H groups in total. The van der Waals surface area contributed by atoms with Gasteiger partial charge in [0.1, 0.15) is 5.75 Å². The van der Waals surface area contributed by atoms with Gasteiger partial charge in [0.2, 0.25) is 5.91 Å². The molecule has 2 aromatic carbocycles. The smallest absolute Gasteiger partial charge is 0.262 e. The molecule has 23 heavy (non-hydrogen) atoms. The van der Waals surface area contributed by atoms with Gasteiger partial charge in [-0.2, -0.15) is 0 Å². The zero-order valence-electron chi connectivity index (χ0n) is 13.5. The number of nitrogens with one attached hydrogen (secondary N) is 2. The van der Waals surface area contributed by atoms with Gasteiger partial charge < -0.3 is 15.4 Å². The molecule has 2 aromatic rings. The zero-order valence-corrected chi connectivity index (χ0v) is 13.5. The Hall–Kier alpha value is -2.82. The van der Waals surface area contributed by atoms with Gasteiger partial charge in [0.15, 0.2) is 6.61 Å². The summed E-state index contributed by atoms with van der Waals surface area (Å²) in [5.74, 6) is 0.314. The third kappa shape index (κ3) is 4.85. The van der Waals surface area contributed by atoms with Gasteiger partial charge in [0.25, 0.3) is 5.91 Å². The van der Waals surface area contributed by atoms with E-state index in [1.165, 1.54) is 6.92 Å². The number of hydrogen-bond donors (Lipinski definition) is 2. The lowest BCUT2D eigenvalue weighted by molar-refractivity contribution is -0.118. The Morgan fingerprint density at radius 3 is 2.13 bits per heavy atom. The molecule has 0 fully saturated rings. The van der Waals surface area contributed by atoms with Crippen LogP contribution >= 0.6 is 0 Å². The lowest BCUT2D eigenvalue weighted by atomic mass is 10.1. The van der Waals surface area contributed by atoms with Crippen molar-refractivity contribution >= 4 is 23.2 Å². The van der Waals surface area contributed by atoms with Gasteiger partial charge in [-0.1, -0.05) is 24.3 Å². The maximum Gasteiger partial charge on any atom is 0.262 e. The van der Waals surface area contributed by atoms with Crippen molar-refractivity contribution in [2.24, 2.45) is 0 Å². The van der Waals surface area contributed by atoms with Crippen LogP contribution in [0.1, 0.15) is 18.1 Å². The quantitative estimate of drug-likeness (QED) is 0.890. The summed E-state index contributed by atoms with van der Waals surface area (Å²) in [4.78, 5) is 23.1. The molecule has 2 rings (SSSR count). The van der Waals surface area contributed by atoms with E-state index in [0.717, 1.165) is 16.9 Å². The minimum absolute atomic E-state index is 0.0734. The SMILES string of the molecule is CC(=O)Nc1cccc(NC(=O)COc2c(C)cccc2C)c1. The summed E-state index contributed by atoms with van der Waals surface area (Å²) >= 11 is 0. The van der Waals surface area contributed by atoms with Crippen LogP contribution in [-0.2, 0) is 9.59 Å². The number of rotatable bonds is 5. The molecular weight excluding hydrogens is 292 g/mol. The number of amides is 2. The van der Waals surface area contributed by atoms with Crippen LogP contribution in [0.2, 0.25) is 0 Å². The number of benzene rings is 2. The summed E-state index contributed by atoms with van der Waals surface area (Å²) in [5, 5.41) is 5.42. The summed E-state index contributed by atoms with van der Waals surface area (Å²) in [6.45, 7) is 5.24. The first-order valence-electron chi connectivity index (χ1n) is 7.32. The molecule has 0 bridgehead atoms. The first-order valence-corrected chi connectivity index (χ1v) is 7.32. The second-order valence-corrected chi connectivity index (χ2v) is 5.32. The number of aryl methyl sites for hydroxylation is 2. The van der Waals surface area contributed by atoms with Crippen molar-refractivity contribution in [2.75, 3.05) is 17.2 Å². The van der Waals surface area contributed by atoms with Crippen molar-refractivity contribution in [3.63, 3.8) is 0 Å². The van der Waals surface area contributed by atoms with Crippen molar-refractivity contribution in [1.82, 2.24) is 0 Å². The van der Waals surface area contributed by atoms with E-state index in [4.69, 9.17) is 4.74 Å². The highest BCUT2D eigenvalue weighted by atomic mass is 16.5. The predicted molar refractivity (Wildman–Crippen MR) is 90.8 cm³/mol. The standard InChI is InChI=1S/C18H20N2O3/c1-12-6-4-7-13(2)18(12)23-11-17(22)20-16-9-5-8-15(10-16)19-14(3)21/h4-10H,11H2,1-3H3,(H,19,21)(H,20,22). The summed E-state index contributed by atoms with van der Waals surface area (Å²) in [6.07, 6.45) is 0. The van der Waals surface area contributed by atoms with Crippen LogP contribution in [0.3, 0.4) is 0 Å². The van der Waals surface area contributed by atoms with Crippen molar-refractivity contribution in [3.8, 4) is 5.75 Å². The lowest BCUT2D eigenvalue weighted by Gasteiger charge is -2.12. The van der Waals surface area contributed by atoms with E-state index in [1.807, 2.05) is 32.0 Å². The molecule has 0 saturated carbocycles. The number of carbonyl (C=O) groups is 2. The Labute approximate surface area is 135 Å².